The van der Waals surface area contributed by atoms with E-state index in [9.17, 15) is 9.59 Å². The molecule has 1 fully saturated rings. The number of ether oxygens (including phenoxy) is 1. The number of nitrogens with zero attached hydrogens (tertiary/aromatic N) is 2. The van der Waals surface area contributed by atoms with Crippen LogP contribution in [-0.4, -0.2) is 54.4 Å². The maximum atomic E-state index is 13.3. The first-order valence-corrected chi connectivity index (χ1v) is 12.2. The lowest BCUT2D eigenvalue weighted by atomic mass is 10.1. The summed E-state index contributed by atoms with van der Waals surface area (Å²) in [6, 6.07) is 9.37. The molecule has 0 saturated carbocycles. The molecule has 184 valence electrons. The Hall–Kier alpha value is -2.22. The Morgan fingerprint density at radius 1 is 1.24 bits per heavy atom. The van der Waals surface area contributed by atoms with Crippen LogP contribution in [0.5, 0.6) is 0 Å². The fourth-order valence-electron chi connectivity index (χ4n) is 3.72. The highest BCUT2D eigenvalue weighted by atomic mass is 16.8. The third-order valence-electron chi connectivity index (χ3n) is 5.60. The summed E-state index contributed by atoms with van der Waals surface area (Å²) < 4.78 is 5.57. The van der Waals surface area contributed by atoms with E-state index in [1.165, 1.54) is 0 Å². The van der Waals surface area contributed by atoms with E-state index >= 15 is 0 Å². The quantitative estimate of drug-likeness (QED) is 0.438. The summed E-state index contributed by atoms with van der Waals surface area (Å²) in [6.45, 7) is 7.44. The Kier molecular flexibility index (Phi) is 12.1. The Labute approximate surface area is 199 Å². The number of nitrogens with one attached hydrogen (secondary N) is 1. The molecule has 0 unspecified atom stereocenters. The summed E-state index contributed by atoms with van der Waals surface area (Å²) in [5, 5.41) is 3.49. The van der Waals surface area contributed by atoms with Gasteiger partial charge in [-0.15, -0.1) is 0 Å². The van der Waals surface area contributed by atoms with Crippen LogP contribution in [0.15, 0.2) is 36.4 Å². The molecule has 1 aliphatic rings. The van der Waals surface area contributed by atoms with Crippen LogP contribution in [0.1, 0.15) is 71.3 Å². The smallest absolute Gasteiger partial charge is 0.263 e. The third-order valence-corrected chi connectivity index (χ3v) is 5.60. The number of rotatable bonds is 13. The van der Waals surface area contributed by atoms with Gasteiger partial charge in [0.1, 0.15) is 6.04 Å². The normalized spacial score (nSPS) is 17.5. The first kappa shape index (κ1) is 27.0. The number of hydrazine groups is 1. The molecular formula is C26H41N3O4. The van der Waals surface area contributed by atoms with Gasteiger partial charge in [0.15, 0.2) is 6.29 Å². The van der Waals surface area contributed by atoms with Gasteiger partial charge in [0.25, 0.3) is 5.91 Å². The highest BCUT2D eigenvalue weighted by Crippen LogP contribution is 2.17. The topological polar surface area (TPSA) is 71.1 Å². The van der Waals surface area contributed by atoms with E-state index < -0.39 is 12.3 Å². The van der Waals surface area contributed by atoms with Crippen molar-refractivity contribution in [3.63, 3.8) is 0 Å². The van der Waals surface area contributed by atoms with Crippen LogP contribution in [-0.2, 0) is 19.2 Å². The molecule has 2 amide bonds. The lowest BCUT2D eigenvalue weighted by Gasteiger charge is -2.38. The number of carbonyl (C=O) groups is 2. The molecule has 0 aliphatic carbocycles. The molecule has 7 nitrogen and oxygen atoms in total. The summed E-state index contributed by atoms with van der Waals surface area (Å²) in [4.78, 5) is 31.7. The van der Waals surface area contributed by atoms with Gasteiger partial charge in [-0.05, 0) is 37.2 Å². The molecule has 0 spiro atoms. The first-order chi connectivity index (χ1) is 15.9. The standard InChI is InChI=1S/C26H41N3O4/c1-5-6-17-24(30)28(4)29(20-21(2)3)23(16-12-15-22-13-8-7-9-14-22)26(31)27-33-25-18-10-11-19-32-25/h7-9,12-15,21,23,25H,5-6,10-11,16-20H2,1-4H3,(H,27,31)/t23-,25+/m0/s1. The van der Waals surface area contributed by atoms with Crippen LogP contribution in [0, 0.1) is 5.92 Å². The zero-order valence-corrected chi connectivity index (χ0v) is 20.7. The molecule has 0 radical (unpaired) electrons. The van der Waals surface area contributed by atoms with E-state index in [0.717, 1.165) is 37.7 Å². The van der Waals surface area contributed by atoms with Crippen molar-refractivity contribution in [1.29, 1.82) is 0 Å². The summed E-state index contributed by atoms with van der Waals surface area (Å²) in [5.74, 6) is -0.000952. The van der Waals surface area contributed by atoms with E-state index in [2.05, 4.69) is 26.3 Å². The summed E-state index contributed by atoms with van der Waals surface area (Å²) in [6.07, 6.45) is 9.00. The molecule has 33 heavy (non-hydrogen) atoms. The molecule has 1 aromatic rings. The van der Waals surface area contributed by atoms with E-state index in [1.807, 2.05) is 47.5 Å². The van der Waals surface area contributed by atoms with Gasteiger partial charge < -0.3 is 4.74 Å². The number of benzene rings is 1. The van der Waals surface area contributed by atoms with Gasteiger partial charge in [0, 0.05) is 33.0 Å². The molecule has 1 heterocycles. The Bertz CT molecular complexity index is 732. The number of carbonyl (C=O) groups excluding carboxylic acids is 2. The van der Waals surface area contributed by atoms with Gasteiger partial charge in [-0.25, -0.2) is 15.3 Å². The minimum atomic E-state index is -0.591. The molecule has 1 aromatic carbocycles. The van der Waals surface area contributed by atoms with Crippen LogP contribution in [0.25, 0.3) is 6.08 Å². The van der Waals surface area contributed by atoms with Crippen molar-refractivity contribution in [2.75, 3.05) is 20.2 Å². The van der Waals surface area contributed by atoms with E-state index in [0.29, 0.717) is 26.0 Å². The zero-order valence-electron chi connectivity index (χ0n) is 20.7. The second kappa shape index (κ2) is 14.8. The van der Waals surface area contributed by atoms with Gasteiger partial charge in [0.2, 0.25) is 5.91 Å². The first-order valence-electron chi connectivity index (χ1n) is 12.2. The average molecular weight is 460 g/mol. The second-order valence-electron chi connectivity index (χ2n) is 8.98. The van der Waals surface area contributed by atoms with Gasteiger partial charge in [0.05, 0.1) is 0 Å². The van der Waals surface area contributed by atoms with Crippen LogP contribution >= 0.6 is 0 Å². The largest absolute Gasteiger partial charge is 0.350 e. The number of unbranched alkanes of at least 4 members (excludes halogenated alkanes) is 1. The van der Waals surface area contributed by atoms with Crippen molar-refractivity contribution >= 4 is 17.9 Å². The van der Waals surface area contributed by atoms with Crippen molar-refractivity contribution in [3.8, 4) is 0 Å². The predicted molar refractivity (Wildman–Crippen MR) is 131 cm³/mol. The van der Waals surface area contributed by atoms with Gasteiger partial charge in [-0.1, -0.05) is 69.7 Å². The lowest BCUT2D eigenvalue weighted by molar-refractivity contribution is -0.205. The van der Waals surface area contributed by atoms with E-state index in [1.54, 1.807) is 12.1 Å². The Balaban J connectivity index is 2.18. The molecule has 7 heteroatoms. The lowest BCUT2D eigenvalue weighted by Crippen LogP contribution is -2.56. The van der Waals surface area contributed by atoms with Crippen LogP contribution in [0.3, 0.4) is 0 Å². The fourth-order valence-corrected chi connectivity index (χ4v) is 3.72. The molecular weight excluding hydrogens is 418 g/mol. The minimum absolute atomic E-state index is 0.0128. The molecule has 2 rings (SSSR count). The maximum absolute atomic E-state index is 13.3. The predicted octanol–water partition coefficient (Wildman–Crippen LogP) is 4.55. The third kappa shape index (κ3) is 9.66. The SMILES string of the molecule is CCCCC(=O)N(C)N(CC(C)C)[C@@H](CC=Cc1ccccc1)C(=O)NO[C@@H]1CCCCO1. The summed E-state index contributed by atoms with van der Waals surface area (Å²) in [5.41, 5.74) is 3.68. The van der Waals surface area contributed by atoms with Crippen molar-refractivity contribution < 1.29 is 19.2 Å². The van der Waals surface area contributed by atoms with Gasteiger partial charge >= 0.3 is 0 Å². The van der Waals surface area contributed by atoms with Gasteiger partial charge in [-0.2, -0.15) is 0 Å². The van der Waals surface area contributed by atoms with Gasteiger partial charge in [-0.3, -0.25) is 14.6 Å². The molecule has 0 aromatic heterocycles. The van der Waals surface area contributed by atoms with E-state index in [-0.39, 0.29) is 17.7 Å². The maximum Gasteiger partial charge on any atom is 0.263 e. The molecule has 1 aliphatic heterocycles. The van der Waals surface area contributed by atoms with Crippen molar-refractivity contribution in [3.05, 3.63) is 42.0 Å². The number of amides is 2. The molecule has 1 saturated heterocycles. The van der Waals surface area contributed by atoms with Crippen LogP contribution in [0.4, 0.5) is 0 Å². The Morgan fingerprint density at radius 2 is 2.00 bits per heavy atom. The van der Waals surface area contributed by atoms with Crippen LogP contribution in [0.2, 0.25) is 0 Å². The van der Waals surface area contributed by atoms with Crippen molar-refractivity contribution in [2.45, 2.75) is 78.0 Å². The highest BCUT2D eigenvalue weighted by molar-refractivity contribution is 5.82. The fraction of sp³-hybridized carbons (Fsp3) is 0.615. The molecule has 2 atom stereocenters. The van der Waals surface area contributed by atoms with E-state index in [4.69, 9.17) is 9.57 Å². The monoisotopic (exact) mass is 459 g/mol. The number of hydrogen-bond acceptors (Lipinski definition) is 5. The molecule has 0 bridgehead atoms. The minimum Gasteiger partial charge on any atom is -0.350 e. The second-order valence-corrected chi connectivity index (χ2v) is 8.98. The van der Waals surface area contributed by atoms with Crippen LogP contribution < -0.4 is 5.48 Å². The summed E-state index contributed by atoms with van der Waals surface area (Å²) >= 11 is 0. The number of hydroxylamine groups is 1. The highest BCUT2D eigenvalue weighted by Gasteiger charge is 2.31. The average Bonchev–Trinajstić information content (AvgIpc) is 2.83. The summed E-state index contributed by atoms with van der Waals surface area (Å²) in [7, 11) is 1.76. The van der Waals surface area contributed by atoms with Crippen molar-refractivity contribution in [1.82, 2.24) is 15.5 Å². The van der Waals surface area contributed by atoms with Crippen molar-refractivity contribution in [2.24, 2.45) is 5.92 Å². The zero-order chi connectivity index (χ0) is 24.1. The molecule has 1 N–H and O–H groups in total. The number of hydrogen-bond donors (Lipinski definition) is 1. The Morgan fingerprint density at radius 3 is 2.64 bits per heavy atom.